The number of nitrogens with two attached hydrogens (primary N) is 1. The summed E-state index contributed by atoms with van der Waals surface area (Å²) in [5, 5.41) is 14.8. The largest absolute Gasteiger partial charge is 0.378 e. The summed E-state index contributed by atoms with van der Waals surface area (Å²) >= 11 is 2.16. The Balaban J connectivity index is 2.22. The van der Waals surface area contributed by atoms with Gasteiger partial charge >= 0.3 is 5.69 Å². The number of rotatable bonds is 4. The summed E-state index contributed by atoms with van der Waals surface area (Å²) in [4.78, 5) is 17.6. The van der Waals surface area contributed by atoms with Gasteiger partial charge in [-0.3, -0.25) is 15.5 Å². The average Bonchev–Trinajstić information content (AvgIpc) is 2.40. The summed E-state index contributed by atoms with van der Waals surface area (Å²) in [6, 6.07) is 7.57. The summed E-state index contributed by atoms with van der Waals surface area (Å²) in [6.45, 7) is 0. The highest BCUT2D eigenvalue weighted by Gasteiger charge is 2.20. The summed E-state index contributed by atoms with van der Waals surface area (Å²) in [5.41, 5.74) is 8.43. The third kappa shape index (κ3) is 3.17. The van der Waals surface area contributed by atoms with Gasteiger partial charge in [0.05, 0.1) is 11.1 Å². The first kappa shape index (κ1) is 14.1. The number of aromatic nitrogens is 2. The number of halogens is 1. The fraction of sp³-hybridized carbons (Fsp3) is 0. The third-order valence-electron chi connectivity index (χ3n) is 2.31. The fourth-order valence-corrected chi connectivity index (χ4v) is 1.92. The van der Waals surface area contributed by atoms with Crippen molar-refractivity contribution in [3.05, 3.63) is 49.8 Å². The van der Waals surface area contributed by atoms with Crippen LogP contribution in [0.2, 0.25) is 0 Å². The van der Waals surface area contributed by atoms with Crippen molar-refractivity contribution in [2.75, 3.05) is 11.2 Å². The molecule has 2 aromatic rings. The zero-order chi connectivity index (χ0) is 14.5. The zero-order valence-corrected chi connectivity index (χ0v) is 12.2. The van der Waals surface area contributed by atoms with E-state index < -0.39 is 10.6 Å². The first-order chi connectivity index (χ1) is 9.59. The van der Waals surface area contributed by atoms with Gasteiger partial charge in [0.1, 0.15) is 6.33 Å². The van der Waals surface area contributed by atoms with Crippen LogP contribution < -0.4 is 11.2 Å². The number of anilines is 2. The molecule has 9 heteroatoms. The van der Waals surface area contributed by atoms with Gasteiger partial charge in [-0.05, 0) is 28.7 Å². The monoisotopic (exact) mass is 384 g/mol. The van der Waals surface area contributed by atoms with E-state index >= 15 is 0 Å². The lowest BCUT2D eigenvalue weighted by atomic mass is 10.2. The van der Waals surface area contributed by atoms with Gasteiger partial charge in [0.2, 0.25) is 11.6 Å². The molecule has 0 bridgehead atoms. The van der Waals surface area contributed by atoms with E-state index in [0.717, 1.165) is 15.5 Å². The van der Waals surface area contributed by atoms with Crippen molar-refractivity contribution in [3.8, 4) is 0 Å². The van der Waals surface area contributed by atoms with Crippen molar-refractivity contribution in [1.82, 2.24) is 9.97 Å². The first-order valence-electron chi connectivity index (χ1n) is 5.38. The second-order valence-corrected chi connectivity index (χ2v) is 4.77. The fourth-order valence-electron chi connectivity index (χ4n) is 1.40. The number of hydrogen-bond donors (Lipinski definition) is 2. The molecule has 20 heavy (non-hydrogen) atoms. The van der Waals surface area contributed by atoms with E-state index in [0.29, 0.717) is 0 Å². The lowest BCUT2D eigenvalue weighted by Crippen LogP contribution is -2.04. The van der Waals surface area contributed by atoms with Crippen LogP contribution in [0.15, 0.2) is 35.7 Å². The Hall–Kier alpha value is -2.30. The highest BCUT2D eigenvalue weighted by molar-refractivity contribution is 14.1. The Labute approximate surface area is 127 Å². The quantitative estimate of drug-likeness (QED) is 0.360. The molecule has 8 nitrogen and oxygen atoms in total. The molecule has 0 saturated heterocycles. The van der Waals surface area contributed by atoms with Gasteiger partial charge in [-0.15, -0.1) is 0 Å². The Bertz CT molecular complexity index is 676. The number of benzene rings is 1. The average molecular weight is 384 g/mol. The molecular formula is C11H9IN6O2. The van der Waals surface area contributed by atoms with E-state index in [2.05, 4.69) is 43.1 Å². The lowest BCUT2D eigenvalue weighted by molar-refractivity contribution is -0.383. The van der Waals surface area contributed by atoms with Crippen LogP contribution in [0.3, 0.4) is 0 Å². The van der Waals surface area contributed by atoms with E-state index in [-0.39, 0.29) is 11.6 Å². The molecule has 0 aliphatic carbocycles. The van der Waals surface area contributed by atoms with Crippen LogP contribution in [0.5, 0.6) is 0 Å². The van der Waals surface area contributed by atoms with Gasteiger partial charge in [-0.2, -0.15) is 5.10 Å². The van der Waals surface area contributed by atoms with Crippen LogP contribution in [0.1, 0.15) is 5.56 Å². The summed E-state index contributed by atoms with van der Waals surface area (Å²) in [7, 11) is 0. The van der Waals surface area contributed by atoms with Gasteiger partial charge in [0.15, 0.2) is 0 Å². The maximum Gasteiger partial charge on any atom is 0.354 e. The van der Waals surface area contributed by atoms with Crippen molar-refractivity contribution in [2.45, 2.75) is 0 Å². The predicted octanol–water partition coefficient (Wildman–Crippen LogP) is 2.02. The zero-order valence-electron chi connectivity index (χ0n) is 10.0. The Kier molecular flexibility index (Phi) is 4.40. The van der Waals surface area contributed by atoms with Gasteiger partial charge < -0.3 is 5.73 Å². The van der Waals surface area contributed by atoms with Crippen LogP contribution in [-0.4, -0.2) is 21.1 Å². The summed E-state index contributed by atoms with van der Waals surface area (Å²) < 4.78 is 1.01. The molecule has 0 unspecified atom stereocenters. The van der Waals surface area contributed by atoms with Gasteiger partial charge in [-0.1, -0.05) is 18.2 Å². The second kappa shape index (κ2) is 6.23. The minimum absolute atomic E-state index is 0.0512. The summed E-state index contributed by atoms with van der Waals surface area (Å²) in [5.74, 6) is -0.262. The number of nitrogens with zero attached hydrogens (tertiary/aromatic N) is 4. The molecule has 1 aromatic heterocycles. The third-order valence-corrected chi connectivity index (χ3v) is 3.29. The van der Waals surface area contributed by atoms with Gasteiger partial charge in [0.25, 0.3) is 0 Å². The van der Waals surface area contributed by atoms with Gasteiger partial charge in [0, 0.05) is 9.13 Å². The molecule has 0 aliphatic rings. The maximum atomic E-state index is 10.9. The predicted molar refractivity (Wildman–Crippen MR) is 83.5 cm³/mol. The van der Waals surface area contributed by atoms with Crippen LogP contribution in [-0.2, 0) is 0 Å². The molecule has 2 rings (SSSR count). The van der Waals surface area contributed by atoms with Crippen molar-refractivity contribution >= 4 is 46.1 Å². The highest BCUT2D eigenvalue weighted by atomic mass is 127. The van der Waals surface area contributed by atoms with Crippen LogP contribution >= 0.6 is 22.6 Å². The lowest BCUT2D eigenvalue weighted by Gasteiger charge is -2.02. The van der Waals surface area contributed by atoms with Crippen LogP contribution in [0, 0.1) is 13.7 Å². The molecular weight excluding hydrogens is 375 g/mol. The van der Waals surface area contributed by atoms with Crippen molar-refractivity contribution < 1.29 is 4.92 Å². The SMILES string of the molecule is Nc1ncnc(N/N=C\c2ccccc2I)c1[N+](=O)[O-]. The molecule has 1 aromatic carbocycles. The number of nitrogens with one attached hydrogen (secondary N) is 1. The Morgan fingerprint density at radius 1 is 1.40 bits per heavy atom. The first-order valence-corrected chi connectivity index (χ1v) is 6.46. The van der Waals surface area contributed by atoms with Crippen LogP contribution in [0.4, 0.5) is 17.3 Å². The van der Waals surface area contributed by atoms with Crippen molar-refractivity contribution in [1.29, 1.82) is 0 Å². The Morgan fingerprint density at radius 2 is 2.15 bits per heavy atom. The van der Waals surface area contributed by atoms with Crippen molar-refractivity contribution in [2.24, 2.45) is 5.10 Å². The van der Waals surface area contributed by atoms with E-state index in [1.165, 1.54) is 0 Å². The molecule has 0 fully saturated rings. The maximum absolute atomic E-state index is 10.9. The standard InChI is InChI=1S/C11H9IN6O2/c12-8-4-2-1-3-7(8)5-16-17-11-9(18(19)20)10(13)14-6-15-11/h1-6H,(H3,13,14,15,17)/b16-5-. The minimum atomic E-state index is -0.653. The molecule has 0 atom stereocenters. The van der Waals surface area contributed by atoms with E-state index in [9.17, 15) is 10.1 Å². The molecule has 0 amide bonds. The van der Waals surface area contributed by atoms with E-state index in [1.54, 1.807) is 6.21 Å². The second-order valence-electron chi connectivity index (χ2n) is 3.60. The number of hydrogen-bond acceptors (Lipinski definition) is 7. The molecule has 0 spiro atoms. The minimum Gasteiger partial charge on any atom is -0.378 e. The van der Waals surface area contributed by atoms with Gasteiger partial charge in [-0.25, -0.2) is 9.97 Å². The topological polar surface area (TPSA) is 119 Å². The smallest absolute Gasteiger partial charge is 0.354 e. The van der Waals surface area contributed by atoms with E-state index in [4.69, 9.17) is 5.73 Å². The van der Waals surface area contributed by atoms with Crippen LogP contribution in [0.25, 0.3) is 0 Å². The van der Waals surface area contributed by atoms with E-state index in [1.807, 2.05) is 24.3 Å². The number of nitrogen functional groups attached to an aromatic ring is 1. The number of hydrazone groups is 1. The number of nitro groups is 1. The van der Waals surface area contributed by atoms with Crippen molar-refractivity contribution in [3.63, 3.8) is 0 Å². The normalized spacial score (nSPS) is 10.7. The molecule has 102 valence electrons. The molecule has 3 N–H and O–H groups in total. The summed E-state index contributed by atoms with van der Waals surface area (Å²) in [6.07, 6.45) is 2.68. The highest BCUT2D eigenvalue weighted by Crippen LogP contribution is 2.26. The molecule has 1 heterocycles. The molecule has 0 saturated carbocycles. The molecule has 0 radical (unpaired) electrons. The Morgan fingerprint density at radius 3 is 2.85 bits per heavy atom. The molecule has 0 aliphatic heterocycles.